The first-order valence-corrected chi connectivity index (χ1v) is 8.11. The summed E-state index contributed by atoms with van der Waals surface area (Å²) in [5.41, 5.74) is 0.288. The summed E-state index contributed by atoms with van der Waals surface area (Å²) < 4.78 is 16.6. The molecular formula is C17H19N3O4. The fourth-order valence-corrected chi connectivity index (χ4v) is 3.57. The molecule has 0 unspecified atom stereocenters. The third-order valence-electron chi connectivity index (χ3n) is 4.88. The van der Waals surface area contributed by atoms with E-state index in [0.717, 1.165) is 12.8 Å². The maximum Gasteiger partial charge on any atom is 0.258 e. The van der Waals surface area contributed by atoms with Gasteiger partial charge in [0, 0.05) is 32.0 Å². The van der Waals surface area contributed by atoms with E-state index in [2.05, 4.69) is 10.1 Å². The maximum atomic E-state index is 12.6. The molecule has 0 radical (unpaired) electrons. The van der Waals surface area contributed by atoms with Crippen molar-refractivity contribution in [2.24, 2.45) is 5.41 Å². The standard InChI is InChI=1S/C17H19N3O4/c21-16(13-9-19-24-10-13)20-7-4-14-17(11-20,5-8-22-14)12-23-15-3-1-2-6-18-15/h1-3,6,9-10,14H,4-5,7-8,11-12H2/t14-,17+/m0/s1. The van der Waals surface area contributed by atoms with Gasteiger partial charge in [-0.05, 0) is 18.9 Å². The summed E-state index contributed by atoms with van der Waals surface area (Å²) in [6.45, 7) is 2.46. The van der Waals surface area contributed by atoms with Crippen molar-refractivity contribution in [3.63, 3.8) is 0 Å². The molecule has 4 heterocycles. The molecule has 126 valence electrons. The van der Waals surface area contributed by atoms with E-state index in [1.807, 2.05) is 23.1 Å². The summed E-state index contributed by atoms with van der Waals surface area (Å²) in [6.07, 6.45) is 6.35. The van der Waals surface area contributed by atoms with Gasteiger partial charge in [0.2, 0.25) is 5.88 Å². The summed E-state index contributed by atoms with van der Waals surface area (Å²) >= 11 is 0. The van der Waals surface area contributed by atoms with Crippen LogP contribution >= 0.6 is 0 Å². The molecule has 24 heavy (non-hydrogen) atoms. The van der Waals surface area contributed by atoms with Crippen LogP contribution in [0.4, 0.5) is 0 Å². The molecule has 7 nitrogen and oxygen atoms in total. The largest absolute Gasteiger partial charge is 0.477 e. The van der Waals surface area contributed by atoms with Crippen LogP contribution in [0.3, 0.4) is 0 Å². The highest BCUT2D eigenvalue weighted by Gasteiger charge is 2.49. The lowest BCUT2D eigenvalue weighted by atomic mass is 9.77. The quantitative estimate of drug-likeness (QED) is 0.851. The SMILES string of the molecule is O=C(c1cnoc1)N1CC[C@@H]2OCC[C@]2(COc2ccccn2)C1. The fraction of sp³-hybridized carbons (Fsp3) is 0.471. The molecule has 0 spiro atoms. The summed E-state index contributed by atoms with van der Waals surface area (Å²) in [5, 5.41) is 3.62. The number of ether oxygens (including phenoxy) is 2. The highest BCUT2D eigenvalue weighted by molar-refractivity contribution is 5.93. The van der Waals surface area contributed by atoms with Crippen molar-refractivity contribution < 1.29 is 18.8 Å². The van der Waals surface area contributed by atoms with E-state index in [4.69, 9.17) is 14.0 Å². The Bertz CT molecular complexity index is 691. The zero-order chi connectivity index (χ0) is 16.4. The van der Waals surface area contributed by atoms with E-state index in [-0.39, 0.29) is 17.4 Å². The number of rotatable bonds is 4. The average molecular weight is 329 g/mol. The number of hydrogen-bond donors (Lipinski definition) is 0. The molecule has 7 heteroatoms. The molecule has 2 aromatic rings. The van der Waals surface area contributed by atoms with Gasteiger partial charge in [0.25, 0.3) is 5.91 Å². The monoisotopic (exact) mass is 329 g/mol. The van der Waals surface area contributed by atoms with Gasteiger partial charge in [-0.2, -0.15) is 0 Å². The first-order chi connectivity index (χ1) is 11.8. The molecule has 2 fully saturated rings. The zero-order valence-electron chi connectivity index (χ0n) is 13.3. The van der Waals surface area contributed by atoms with Gasteiger partial charge in [0.1, 0.15) is 6.26 Å². The van der Waals surface area contributed by atoms with Crippen molar-refractivity contribution in [3.8, 4) is 5.88 Å². The lowest BCUT2D eigenvalue weighted by molar-refractivity contribution is -0.0332. The van der Waals surface area contributed by atoms with Crippen molar-refractivity contribution >= 4 is 5.91 Å². The smallest absolute Gasteiger partial charge is 0.258 e. The molecule has 2 saturated heterocycles. The Morgan fingerprint density at radius 3 is 3.21 bits per heavy atom. The number of likely N-dealkylation sites (tertiary alicyclic amines) is 1. The Morgan fingerprint density at radius 1 is 1.46 bits per heavy atom. The number of amides is 1. The molecule has 0 bridgehead atoms. The summed E-state index contributed by atoms with van der Waals surface area (Å²) in [4.78, 5) is 18.6. The van der Waals surface area contributed by atoms with E-state index in [9.17, 15) is 4.79 Å². The summed E-state index contributed by atoms with van der Waals surface area (Å²) in [7, 11) is 0. The molecular weight excluding hydrogens is 310 g/mol. The van der Waals surface area contributed by atoms with E-state index in [1.54, 1.807) is 6.20 Å². The van der Waals surface area contributed by atoms with Gasteiger partial charge in [-0.25, -0.2) is 4.98 Å². The minimum absolute atomic E-state index is 0.0567. The van der Waals surface area contributed by atoms with Crippen LogP contribution in [-0.2, 0) is 4.74 Å². The predicted octanol–water partition coefficient (Wildman–Crippen LogP) is 1.77. The van der Waals surface area contributed by atoms with Crippen LogP contribution in [0.25, 0.3) is 0 Å². The second-order valence-electron chi connectivity index (χ2n) is 6.36. The normalized spacial score (nSPS) is 26.2. The number of hydrogen-bond acceptors (Lipinski definition) is 6. The molecule has 2 aliphatic rings. The Morgan fingerprint density at radius 2 is 2.42 bits per heavy atom. The van der Waals surface area contributed by atoms with E-state index in [1.165, 1.54) is 12.5 Å². The highest BCUT2D eigenvalue weighted by atomic mass is 16.5. The highest BCUT2D eigenvalue weighted by Crippen LogP contribution is 2.41. The van der Waals surface area contributed by atoms with E-state index >= 15 is 0 Å². The molecule has 4 rings (SSSR count). The fourth-order valence-electron chi connectivity index (χ4n) is 3.57. The number of nitrogens with zero attached hydrogens (tertiary/aromatic N) is 3. The summed E-state index contributed by atoms with van der Waals surface area (Å²) in [6, 6.07) is 5.59. The molecule has 0 aromatic carbocycles. The Kier molecular flexibility index (Phi) is 3.93. The number of aromatic nitrogens is 2. The van der Waals surface area contributed by atoms with Gasteiger partial charge in [-0.15, -0.1) is 0 Å². The van der Waals surface area contributed by atoms with Crippen molar-refractivity contribution in [2.75, 3.05) is 26.3 Å². The molecule has 0 aliphatic carbocycles. The minimum Gasteiger partial charge on any atom is -0.477 e. The first kappa shape index (κ1) is 15.1. The van der Waals surface area contributed by atoms with E-state index in [0.29, 0.717) is 37.7 Å². The Labute approximate surface area is 139 Å². The molecule has 2 aliphatic heterocycles. The van der Waals surface area contributed by atoms with E-state index < -0.39 is 0 Å². The number of piperidine rings is 1. The van der Waals surface area contributed by atoms with Gasteiger partial charge in [0.15, 0.2) is 0 Å². The topological polar surface area (TPSA) is 77.7 Å². The number of pyridine rings is 1. The predicted molar refractivity (Wildman–Crippen MR) is 83.5 cm³/mol. The number of fused-ring (bicyclic) bond motifs is 1. The average Bonchev–Trinajstić information content (AvgIpc) is 3.29. The number of carbonyl (C=O) groups is 1. The van der Waals surface area contributed by atoms with Crippen LogP contribution in [0.15, 0.2) is 41.4 Å². The summed E-state index contributed by atoms with van der Waals surface area (Å²) in [5.74, 6) is 0.541. The van der Waals surface area contributed by atoms with Crippen LogP contribution in [0, 0.1) is 5.41 Å². The molecule has 0 N–H and O–H groups in total. The van der Waals surface area contributed by atoms with Gasteiger partial charge >= 0.3 is 0 Å². The molecule has 1 amide bonds. The van der Waals surface area contributed by atoms with Crippen LogP contribution in [0.1, 0.15) is 23.2 Å². The Balaban J connectivity index is 1.49. The minimum atomic E-state index is -0.192. The first-order valence-electron chi connectivity index (χ1n) is 8.11. The van der Waals surface area contributed by atoms with Crippen LogP contribution in [0.2, 0.25) is 0 Å². The maximum absolute atomic E-state index is 12.6. The van der Waals surface area contributed by atoms with Crippen molar-refractivity contribution in [1.82, 2.24) is 15.0 Å². The third kappa shape index (κ3) is 2.75. The molecule has 2 aromatic heterocycles. The van der Waals surface area contributed by atoms with Gasteiger partial charge in [0.05, 0.1) is 29.9 Å². The van der Waals surface area contributed by atoms with Crippen molar-refractivity contribution in [2.45, 2.75) is 18.9 Å². The molecule has 2 atom stereocenters. The van der Waals surface area contributed by atoms with Gasteiger partial charge in [-0.1, -0.05) is 11.2 Å². The lowest BCUT2D eigenvalue weighted by Gasteiger charge is -2.43. The van der Waals surface area contributed by atoms with Gasteiger partial charge in [-0.3, -0.25) is 4.79 Å². The second kappa shape index (κ2) is 6.24. The third-order valence-corrected chi connectivity index (χ3v) is 4.88. The van der Waals surface area contributed by atoms with Crippen LogP contribution < -0.4 is 4.74 Å². The lowest BCUT2D eigenvalue weighted by Crippen LogP contribution is -2.54. The van der Waals surface area contributed by atoms with Gasteiger partial charge < -0.3 is 18.9 Å². The second-order valence-corrected chi connectivity index (χ2v) is 6.36. The van der Waals surface area contributed by atoms with Crippen LogP contribution in [-0.4, -0.2) is 53.4 Å². The van der Waals surface area contributed by atoms with Crippen molar-refractivity contribution in [1.29, 1.82) is 0 Å². The zero-order valence-corrected chi connectivity index (χ0v) is 13.3. The molecule has 0 saturated carbocycles. The van der Waals surface area contributed by atoms with Crippen molar-refractivity contribution in [3.05, 3.63) is 42.4 Å². The number of carbonyl (C=O) groups excluding carboxylic acids is 1. The van der Waals surface area contributed by atoms with Crippen LogP contribution in [0.5, 0.6) is 5.88 Å². The Hall–Kier alpha value is -2.41.